The molecule has 0 aromatic heterocycles. The first-order valence-electron chi connectivity index (χ1n) is 5.86. The van der Waals surface area contributed by atoms with E-state index in [-0.39, 0.29) is 5.91 Å². The molecule has 0 saturated carbocycles. The van der Waals surface area contributed by atoms with Crippen LogP contribution in [0.25, 0.3) is 0 Å². The summed E-state index contributed by atoms with van der Waals surface area (Å²) >= 11 is 0. The summed E-state index contributed by atoms with van der Waals surface area (Å²) in [5, 5.41) is 0. The second-order valence-corrected chi connectivity index (χ2v) is 4.10. The number of rotatable bonds is 4. The number of aryl methyl sites for hydroxylation is 1. The van der Waals surface area contributed by atoms with Crippen LogP contribution in [0.4, 0.5) is 0 Å². The number of allylic oxidation sites excluding steroid dienone is 1. The molecular weight excluding hydrogens is 198 g/mol. The first-order chi connectivity index (χ1) is 7.86. The maximum absolute atomic E-state index is 11.3. The summed E-state index contributed by atoms with van der Waals surface area (Å²) in [6.45, 7) is 0.890. The lowest BCUT2D eigenvalue weighted by Crippen LogP contribution is -2.17. The van der Waals surface area contributed by atoms with Gasteiger partial charge in [-0.05, 0) is 24.8 Å². The number of hydrogen-bond donors (Lipinski definition) is 0. The minimum atomic E-state index is 0.260. The molecule has 16 heavy (non-hydrogen) atoms. The Morgan fingerprint density at radius 1 is 1.25 bits per heavy atom. The highest BCUT2D eigenvalue weighted by Crippen LogP contribution is 2.10. The Morgan fingerprint density at radius 3 is 2.75 bits per heavy atom. The normalized spacial score (nSPS) is 16.2. The molecule has 1 aromatic carbocycles. The van der Waals surface area contributed by atoms with Crippen molar-refractivity contribution in [1.82, 2.24) is 4.90 Å². The molecule has 1 fully saturated rings. The molecule has 1 aliphatic rings. The van der Waals surface area contributed by atoms with Crippen molar-refractivity contribution in [2.45, 2.75) is 25.7 Å². The molecule has 84 valence electrons. The number of amides is 1. The molecule has 0 N–H and O–H groups in total. The second kappa shape index (κ2) is 5.50. The van der Waals surface area contributed by atoms with Gasteiger partial charge in [0.2, 0.25) is 5.91 Å². The van der Waals surface area contributed by atoms with E-state index in [9.17, 15) is 4.79 Å². The standard InChI is InChI=1S/C14H17NO/c16-14-10-6-12-15(14)11-5-4-9-13-7-2-1-3-8-13/h1-3,5,7-8,11H,4,6,9-10,12H2/b11-5-. The molecule has 0 bridgehead atoms. The molecule has 0 radical (unpaired) electrons. The summed E-state index contributed by atoms with van der Waals surface area (Å²) in [6, 6.07) is 10.4. The van der Waals surface area contributed by atoms with Crippen molar-refractivity contribution < 1.29 is 4.79 Å². The fourth-order valence-corrected chi connectivity index (χ4v) is 1.92. The van der Waals surface area contributed by atoms with Gasteiger partial charge in [0, 0.05) is 19.2 Å². The van der Waals surface area contributed by atoms with E-state index in [1.54, 1.807) is 0 Å². The highest BCUT2D eigenvalue weighted by atomic mass is 16.2. The predicted molar refractivity (Wildman–Crippen MR) is 64.9 cm³/mol. The smallest absolute Gasteiger partial charge is 0.226 e. The largest absolute Gasteiger partial charge is 0.319 e. The molecule has 0 spiro atoms. The predicted octanol–water partition coefficient (Wildman–Crippen LogP) is 2.76. The summed E-state index contributed by atoms with van der Waals surface area (Å²) in [5.74, 6) is 0.260. The van der Waals surface area contributed by atoms with E-state index < -0.39 is 0 Å². The summed E-state index contributed by atoms with van der Waals surface area (Å²) in [7, 11) is 0. The van der Waals surface area contributed by atoms with E-state index in [2.05, 4.69) is 30.3 Å². The topological polar surface area (TPSA) is 20.3 Å². The zero-order chi connectivity index (χ0) is 11.2. The van der Waals surface area contributed by atoms with Crippen molar-refractivity contribution in [3.8, 4) is 0 Å². The highest BCUT2D eigenvalue weighted by molar-refractivity contribution is 5.79. The monoisotopic (exact) mass is 215 g/mol. The molecular formula is C14H17NO. The molecule has 0 atom stereocenters. The zero-order valence-corrected chi connectivity index (χ0v) is 9.43. The first kappa shape index (κ1) is 10.9. The third-order valence-corrected chi connectivity index (χ3v) is 2.84. The molecule has 1 saturated heterocycles. The van der Waals surface area contributed by atoms with E-state index in [1.165, 1.54) is 5.56 Å². The van der Waals surface area contributed by atoms with E-state index in [4.69, 9.17) is 0 Å². The van der Waals surface area contributed by atoms with Gasteiger partial charge in [-0.2, -0.15) is 0 Å². The number of carbonyl (C=O) groups is 1. The van der Waals surface area contributed by atoms with Crippen molar-refractivity contribution in [2.75, 3.05) is 6.54 Å². The molecule has 2 heteroatoms. The van der Waals surface area contributed by atoms with Gasteiger partial charge >= 0.3 is 0 Å². The van der Waals surface area contributed by atoms with Crippen LogP contribution in [0.3, 0.4) is 0 Å². The molecule has 2 nitrogen and oxygen atoms in total. The van der Waals surface area contributed by atoms with Crippen molar-refractivity contribution in [1.29, 1.82) is 0 Å². The molecule has 1 heterocycles. The van der Waals surface area contributed by atoms with Crippen molar-refractivity contribution in [3.05, 3.63) is 48.2 Å². The Morgan fingerprint density at radius 2 is 2.06 bits per heavy atom. The van der Waals surface area contributed by atoms with Crippen LogP contribution in [0, 0.1) is 0 Å². The molecule has 0 aliphatic carbocycles. The number of carbonyl (C=O) groups excluding carboxylic acids is 1. The number of benzene rings is 1. The maximum Gasteiger partial charge on any atom is 0.226 e. The van der Waals surface area contributed by atoms with Crippen LogP contribution in [-0.2, 0) is 11.2 Å². The maximum atomic E-state index is 11.3. The van der Waals surface area contributed by atoms with Crippen LogP contribution in [0.2, 0.25) is 0 Å². The number of nitrogens with zero attached hydrogens (tertiary/aromatic N) is 1. The first-order valence-corrected chi connectivity index (χ1v) is 5.86. The van der Waals surface area contributed by atoms with Crippen LogP contribution in [0.5, 0.6) is 0 Å². The zero-order valence-electron chi connectivity index (χ0n) is 9.43. The lowest BCUT2D eigenvalue weighted by Gasteiger charge is -2.07. The molecule has 1 amide bonds. The van der Waals surface area contributed by atoms with E-state index >= 15 is 0 Å². The fourth-order valence-electron chi connectivity index (χ4n) is 1.92. The Kier molecular flexibility index (Phi) is 3.76. The van der Waals surface area contributed by atoms with Gasteiger partial charge in [0.1, 0.15) is 0 Å². The van der Waals surface area contributed by atoms with Gasteiger partial charge in [-0.3, -0.25) is 4.79 Å². The summed E-state index contributed by atoms with van der Waals surface area (Å²) < 4.78 is 0. The van der Waals surface area contributed by atoms with Crippen LogP contribution in [-0.4, -0.2) is 17.4 Å². The quantitative estimate of drug-likeness (QED) is 0.756. The minimum Gasteiger partial charge on any atom is -0.319 e. The van der Waals surface area contributed by atoms with Crippen molar-refractivity contribution >= 4 is 5.91 Å². The lowest BCUT2D eigenvalue weighted by atomic mass is 10.1. The molecule has 0 unspecified atom stereocenters. The van der Waals surface area contributed by atoms with Gasteiger partial charge in [-0.15, -0.1) is 0 Å². The number of hydrogen-bond acceptors (Lipinski definition) is 1. The minimum absolute atomic E-state index is 0.260. The van der Waals surface area contributed by atoms with Gasteiger partial charge in [0.05, 0.1) is 0 Å². The third-order valence-electron chi connectivity index (χ3n) is 2.84. The SMILES string of the molecule is O=C1CCCN1/C=C\CCc1ccccc1. The number of likely N-dealkylation sites (tertiary alicyclic amines) is 1. The summed E-state index contributed by atoms with van der Waals surface area (Å²) in [5.41, 5.74) is 1.35. The second-order valence-electron chi connectivity index (χ2n) is 4.10. The lowest BCUT2D eigenvalue weighted by molar-refractivity contribution is -0.125. The molecule has 2 rings (SSSR count). The van der Waals surface area contributed by atoms with Gasteiger partial charge in [0.15, 0.2) is 0 Å². The average molecular weight is 215 g/mol. The van der Waals surface area contributed by atoms with Crippen LogP contribution in [0.15, 0.2) is 42.6 Å². The van der Waals surface area contributed by atoms with Crippen LogP contribution in [0.1, 0.15) is 24.8 Å². The van der Waals surface area contributed by atoms with Gasteiger partial charge in [-0.1, -0.05) is 36.4 Å². The van der Waals surface area contributed by atoms with Gasteiger partial charge in [-0.25, -0.2) is 0 Å². The summed E-state index contributed by atoms with van der Waals surface area (Å²) in [4.78, 5) is 13.1. The molecule has 1 aromatic rings. The van der Waals surface area contributed by atoms with Crippen molar-refractivity contribution in [2.24, 2.45) is 0 Å². The van der Waals surface area contributed by atoms with Gasteiger partial charge < -0.3 is 4.90 Å². The van der Waals surface area contributed by atoms with E-state index in [1.807, 2.05) is 17.2 Å². The average Bonchev–Trinajstić information content (AvgIpc) is 2.72. The highest BCUT2D eigenvalue weighted by Gasteiger charge is 2.16. The Hall–Kier alpha value is -1.57. The van der Waals surface area contributed by atoms with Crippen LogP contribution < -0.4 is 0 Å². The van der Waals surface area contributed by atoms with Crippen LogP contribution >= 0.6 is 0 Å². The van der Waals surface area contributed by atoms with Gasteiger partial charge in [0.25, 0.3) is 0 Å². The van der Waals surface area contributed by atoms with E-state index in [0.29, 0.717) is 6.42 Å². The molecule has 1 aliphatic heterocycles. The third kappa shape index (κ3) is 2.96. The van der Waals surface area contributed by atoms with Crippen molar-refractivity contribution in [3.63, 3.8) is 0 Å². The Balaban J connectivity index is 1.75. The fraction of sp³-hybridized carbons (Fsp3) is 0.357. The Bertz CT molecular complexity index is 370. The summed E-state index contributed by atoms with van der Waals surface area (Å²) in [6.07, 6.45) is 7.78. The van der Waals surface area contributed by atoms with E-state index in [0.717, 1.165) is 25.8 Å². The Labute approximate surface area is 96.6 Å².